The van der Waals surface area contributed by atoms with Crippen LogP contribution in [0, 0.1) is 9.54 Å². The maximum Gasteiger partial charge on any atom is 0.215 e. The van der Waals surface area contributed by atoms with Gasteiger partial charge >= 0.3 is 0 Å². The number of nitrogens with one attached hydrogen (secondary N) is 2. The SMILES string of the molecule is S=c1[nH][nH]c(=S)n1/N=C\c1ccccc1. The molecule has 2 rings (SSSR count). The monoisotopic (exact) mass is 236 g/mol. The van der Waals surface area contributed by atoms with E-state index in [9.17, 15) is 0 Å². The van der Waals surface area contributed by atoms with Crippen molar-refractivity contribution in [3.8, 4) is 0 Å². The Kier molecular flexibility index (Phi) is 2.89. The zero-order valence-electron chi connectivity index (χ0n) is 7.68. The van der Waals surface area contributed by atoms with E-state index in [1.807, 2.05) is 30.3 Å². The Morgan fingerprint density at radius 3 is 2.27 bits per heavy atom. The Morgan fingerprint density at radius 2 is 1.67 bits per heavy atom. The molecule has 0 amide bonds. The molecule has 0 saturated heterocycles. The minimum absolute atomic E-state index is 0.451. The molecule has 4 nitrogen and oxygen atoms in total. The van der Waals surface area contributed by atoms with Crippen molar-refractivity contribution in [2.75, 3.05) is 0 Å². The minimum Gasteiger partial charge on any atom is -0.273 e. The maximum absolute atomic E-state index is 4.98. The van der Waals surface area contributed by atoms with E-state index in [0.29, 0.717) is 9.54 Å². The molecule has 0 atom stereocenters. The van der Waals surface area contributed by atoms with Gasteiger partial charge in [-0.3, -0.25) is 10.2 Å². The van der Waals surface area contributed by atoms with Crippen LogP contribution in [0.15, 0.2) is 35.4 Å². The van der Waals surface area contributed by atoms with E-state index in [-0.39, 0.29) is 0 Å². The van der Waals surface area contributed by atoms with Crippen LogP contribution >= 0.6 is 24.4 Å². The number of H-pyrrole nitrogens is 2. The van der Waals surface area contributed by atoms with E-state index in [4.69, 9.17) is 24.4 Å². The molecule has 0 radical (unpaired) electrons. The quantitative estimate of drug-likeness (QED) is 0.621. The summed E-state index contributed by atoms with van der Waals surface area (Å²) in [4.78, 5) is 0. The number of benzene rings is 1. The van der Waals surface area contributed by atoms with E-state index in [0.717, 1.165) is 5.56 Å². The molecule has 1 aromatic heterocycles. The largest absolute Gasteiger partial charge is 0.273 e. The molecule has 1 heterocycles. The van der Waals surface area contributed by atoms with Gasteiger partial charge in [0.15, 0.2) is 0 Å². The fourth-order valence-corrected chi connectivity index (χ4v) is 1.51. The number of hydrogen-bond donors (Lipinski definition) is 2. The Balaban J connectivity index is 2.34. The topological polar surface area (TPSA) is 48.9 Å². The van der Waals surface area contributed by atoms with Crippen molar-refractivity contribution in [2.24, 2.45) is 5.10 Å². The van der Waals surface area contributed by atoms with Gasteiger partial charge in [-0.2, -0.15) is 9.78 Å². The predicted octanol–water partition coefficient (Wildman–Crippen LogP) is 2.49. The summed E-state index contributed by atoms with van der Waals surface area (Å²) in [7, 11) is 0. The lowest BCUT2D eigenvalue weighted by Crippen LogP contribution is -1.90. The van der Waals surface area contributed by atoms with Crippen molar-refractivity contribution < 1.29 is 0 Å². The summed E-state index contributed by atoms with van der Waals surface area (Å²) >= 11 is 9.97. The van der Waals surface area contributed by atoms with Crippen molar-refractivity contribution in [1.29, 1.82) is 0 Å². The first-order valence-electron chi connectivity index (χ1n) is 4.26. The second-order valence-electron chi connectivity index (χ2n) is 2.83. The highest BCUT2D eigenvalue weighted by Gasteiger charge is 1.92. The van der Waals surface area contributed by atoms with Crippen molar-refractivity contribution >= 4 is 30.7 Å². The van der Waals surface area contributed by atoms with E-state index < -0.39 is 0 Å². The highest BCUT2D eigenvalue weighted by molar-refractivity contribution is 7.72. The normalized spacial score (nSPS) is 10.9. The number of aromatic nitrogens is 3. The molecule has 0 unspecified atom stereocenters. The minimum atomic E-state index is 0.451. The van der Waals surface area contributed by atoms with Crippen molar-refractivity contribution in [3.05, 3.63) is 45.4 Å². The lowest BCUT2D eigenvalue weighted by molar-refractivity contribution is 0.848. The van der Waals surface area contributed by atoms with E-state index in [2.05, 4.69) is 15.3 Å². The van der Waals surface area contributed by atoms with Gasteiger partial charge < -0.3 is 0 Å². The standard InChI is InChI=1S/C9H8N4S2/c14-8-11-12-9(15)13(8)10-6-7-4-2-1-3-5-7/h1-6H,(H,11,14)(H,12,15)/b10-6-. The first-order valence-corrected chi connectivity index (χ1v) is 5.08. The zero-order chi connectivity index (χ0) is 10.7. The molecule has 0 spiro atoms. The highest BCUT2D eigenvalue weighted by atomic mass is 32.1. The summed E-state index contributed by atoms with van der Waals surface area (Å²) in [5.74, 6) is 0. The Morgan fingerprint density at radius 1 is 1.07 bits per heavy atom. The Hall–Kier alpha value is -1.53. The van der Waals surface area contributed by atoms with Gasteiger partial charge in [0.25, 0.3) is 0 Å². The third kappa shape index (κ3) is 2.28. The van der Waals surface area contributed by atoms with Gasteiger partial charge in [-0.05, 0) is 30.0 Å². The number of nitrogens with zero attached hydrogens (tertiary/aromatic N) is 2. The molecule has 1 aromatic carbocycles. The molecule has 2 N–H and O–H groups in total. The molecule has 0 saturated carbocycles. The summed E-state index contributed by atoms with van der Waals surface area (Å²) in [5, 5.41) is 9.57. The van der Waals surface area contributed by atoms with Crippen LogP contribution in [0.3, 0.4) is 0 Å². The second-order valence-corrected chi connectivity index (χ2v) is 3.60. The van der Waals surface area contributed by atoms with Crippen LogP contribution in [-0.4, -0.2) is 21.1 Å². The van der Waals surface area contributed by atoms with Crippen LogP contribution in [0.25, 0.3) is 0 Å². The predicted molar refractivity (Wildman–Crippen MR) is 64.2 cm³/mol. The number of rotatable bonds is 2. The highest BCUT2D eigenvalue weighted by Crippen LogP contribution is 1.96. The zero-order valence-corrected chi connectivity index (χ0v) is 9.31. The van der Waals surface area contributed by atoms with Gasteiger partial charge in [-0.25, -0.2) is 0 Å². The van der Waals surface area contributed by atoms with Crippen molar-refractivity contribution in [3.63, 3.8) is 0 Å². The van der Waals surface area contributed by atoms with Gasteiger partial charge in [-0.1, -0.05) is 30.3 Å². The fraction of sp³-hybridized carbons (Fsp3) is 0. The van der Waals surface area contributed by atoms with Gasteiger partial charge in [0.2, 0.25) is 9.54 Å². The molecule has 0 aliphatic heterocycles. The summed E-state index contributed by atoms with van der Waals surface area (Å²) in [6.45, 7) is 0. The smallest absolute Gasteiger partial charge is 0.215 e. The summed E-state index contributed by atoms with van der Waals surface area (Å²) in [5.41, 5.74) is 0.995. The Labute approximate surface area is 96.3 Å². The lowest BCUT2D eigenvalue weighted by atomic mass is 10.2. The first-order chi connectivity index (χ1) is 7.27. The fourth-order valence-electron chi connectivity index (χ4n) is 1.07. The Bertz CT molecular complexity index is 548. The molecule has 0 bridgehead atoms. The molecule has 6 heteroatoms. The lowest BCUT2D eigenvalue weighted by Gasteiger charge is -1.91. The van der Waals surface area contributed by atoms with Crippen LogP contribution in [0.2, 0.25) is 0 Å². The van der Waals surface area contributed by atoms with Crippen LogP contribution in [0.1, 0.15) is 5.56 Å². The number of aromatic amines is 2. The molecule has 15 heavy (non-hydrogen) atoms. The molecular formula is C9H8N4S2. The molecule has 76 valence electrons. The van der Waals surface area contributed by atoms with Gasteiger partial charge in [0.05, 0.1) is 6.21 Å². The second kappa shape index (κ2) is 4.33. The summed E-state index contributed by atoms with van der Waals surface area (Å²) in [6, 6.07) is 9.74. The molecule has 0 aliphatic carbocycles. The molecule has 0 fully saturated rings. The maximum atomic E-state index is 4.98. The van der Waals surface area contributed by atoms with Gasteiger partial charge in [-0.15, -0.1) is 0 Å². The van der Waals surface area contributed by atoms with E-state index >= 15 is 0 Å². The summed E-state index contributed by atoms with van der Waals surface area (Å²) in [6.07, 6.45) is 1.70. The van der Waals surface area contributed by atoms with Gasteiger partial charge in [0.1, 0.15) is 0 Å². The van der Waals surface area contributed by atoms with Crippen LogP contribution < -0.4 is 0 Å². The molecular weight excluding hydrogens is 228 g/mol. The molecule has 0 aliphatic rings. The van der Waals surface area contributed by atoms with Crippen LogP contribution in [-0.2, 0) is 0 Å². The first kappa shape index (κ1) is 10.0. The summed E-state index contributed by atoms with van der Waals surface area (Å²) < 4.78 is 2.36. The molecule has 2 aromatic rings. The third-order valence-corrected chi connectivity index (χ3v) is 2.33. The van der Waals surface area contributed by atoms with Crippen molar-refractivity contribution in [2.45, 2.75) is 0 Å². The van der Waals surface area contributed by atoms with E-state index in [1.165, 1.54) is 4.68 Å². The average Bonchev–Trinajstić information content (AvgIpc) is 2.58. The van der Waals surface area contributed by atoms with Crippen molar-refractivity contribution in [1.82, 2.24) is 14.9 Å². The van der Waals surface area contributed by atoms with Crippen LogP contribution in [0.5, 0.6) is 0 Å². The third-order valence-electron chi connectivity index (χ3n) is 1.78. The number of hydrogen-bond acceptors (Lipinski definition) is 3. The average molecular weight is 236 g/mol. The van der Waals surface area contributed by atoms with Crippen LogP contribution in [0.4, 0.5) is 0 Å². The van der Waals surface area contributed by atoms with E-state index in [1.54, 1.807) is 6.21 Å². The van der Waals surface area contributed by atoms with Gasteiger partial charge in [0, 0.05) is 0 Å².